The molecule has 6 nitrogen and oxygen atoms in total. The molecule has 192 valence electrons. The van der Waals surface area contributed by atoms with E-state index in [1.807, 2.05) is 77.9 Å². The van der Waals surface area contributed by atoms with E-state index in [9.17, 15) is 19.2 Å². The van der Waals surface area contributed by atoms with Crippen LogP contribution in [0.15, 0.2) is 60.7 Å². The molecule has 0 aliphatic heterocycles. The topological polar surface area (TPSA) is 86.7 Å². The number of ketones is 2. The summed E-state index contributed by atoms with van der Waals surface area (Å²) in [5.74, 6) is -0.462. The fourth-order valence-corrected chi connectivity index (χ4v) is 2.53. The molecule has 0 unspecified atom stereocenters. The molecule has 0 aliphatic carbocycles. The summed E-state index contributed by atoms with van der Waals surface area (Å²) in [6, 6.07) is 18.2. The lowest BCUT2D eigenvalue weighted by Gasteiger charge is -2.19. The van der Waals surface area contributed by atoms with E-state index in [4.69, 9.17) is 9.47 Å². The molecule has 0 bridgehead atoms. The van der Waals surface area contributed by atoms with Gasteiger partial charge in [0.1, 0.15) is 16.5 Å². The molecule has 0 radical (unpaired) electrons. The molecule has 7 heteroatoms. The second kappa shape index (κ2) is 16.0. The Morgan fingerprint density at radius 2 is 1.06 bits per heavy atom. The average Bonchev–Trinajstić information content (AvgIpc) is 2.77. The third-order valence-corrected chi connectivity index (χ3v) is 4.24. The van der Waals surface area contributed by atoms with Crippen molar-refractivity contribution in [2.75, 3.05) is 5.33 Å². The number of hydrogen-bond acceptors (Lipinski definition) is 6. The molecule has 0 heterocycles. The molecule has 2 aromatic carbocycles. The number of carbonyl (C=O) groups is 4. The van der Waals surface area contributed by atoms with Crippen LogP contribution < -0.4 is 0 Å². The lowest BCUT2D eigenvalue weighted by atomic mass is 10.1. The van der Waals surface area contributed by atoms with Crippen LogP contribution in [0.3, 0.4) is 0 Å². The normalized spacial score (nSPS) is 10.5. The lowest BCUT2D eigenvalue weighted by molar-refractivity contribution is -0.155. The van der Waals surface area contributed by atoms with Crippen LogP contribution in [-0.4, -0.2) is 40.0 Å². The third kappa shape index (κ3) is 18.2. The summed E-state index contributed by atoms with van der Waals surface area (Å²) in [4.78, 5) is 44.3. The first kappa shape index (κ1) is 32.2. The Kier molecular flexibility index (Phi) is 14.7. The lowest BCUT2D eigenvalue weighted by Crippen LogP contribution is -2.24. The highest BCUT2D eigenvalue weighted by molar-refractivity contribution is 9.09. The maximum Gasteiger partial charge on any atom is 0.317 e. The second-order valence-corrected chi connectivity index (χ2v) is 10.1. The van der Waals surface area contributed by atoms with Crippen LogP contribution in [0.4, 0.5) is 0 Å². The summed E-state index contributed by atoms with van der Waals surface area (Å²) in [5.41, 5.74) is 0.561. The van der Waals surface area contributed by atoms with Crippen molar-refractivity contribution in [3.05, 3.63) is 71.8 Å². The summed E-state index contributed by atoms with van der Waals surface area (Å²) in [6.07, 6.45) is 0.323. The Morgan fingerprint density at radius 1 is 0.657 bits per heavy atom. The molecule has 0 atom stereocenters. The summed E-state index contributed by atoms with van der Waals surface area (Å²) in [5, 5.41) is 0.268. The number of rotatable bonds is 6. The minimum atomic E-state index is -0.493. The first-order valence-electron chi connectivity index (χ1n) is 11.3. The second-order valence-electron chi connectivity index (χ2n) is 9.52. The monoisotopic (exact) mass is 548 g/mol. The van der Waals surface area contributed by atoms with Gasteiger partial charge in [-0.2, -0.15) is 0 Å². The molecule has 2 rings (SSSR count). The van der Waals surface area contributed by atoms with Gasteiger partial charge in [0.2, 0.25) is 0 Å². The van der Waals surface area contributed by atoms with Crippen molar-refractivity contribution < 1.29 is 28.7 Å². The fourth-order valence-electron chi connectivity index (χ4n) is 2.42. The van der Waals surface area contributed by atoms with Gasteiger partial charge in [-0.1, -0.05) is 76.6 Å². The highest BCUT2D eigenvalue weighted by Gasteiger charge is 2.17. The molecule has 0 aliphatic rings. The van der Waals surface area contributed by atoms with Crippen molar-refractivity contribution in [1.82, 2.24) is 0 Å². The smallest absolute Gasteiger partial charge is 0.317 e. The molecule has 0 saturated carbocycles. The van der Waals surface area contributed by atoms with E-state index >= 15 is 0 Å². The Bertz CT molecular complexity index is 925. The quantitative estimate of drug-likeness (QED) is 0.229. The van der Waals surface area contributed by atoms with Crippen LogP contribution in [-0.2, 0) is 19.1 Å². The zero-order valence-corrected chi connectivity index (χ0v) is 23.3. The molecule has 0 amide bonds. The van der Waals surface area contributed by atoms with Gasteiger partial charge in [-0.3, -0.25) is 19.2 Å². The maximum atomic E-state index is 11.7. The van der Waals surface area contributed by atoms with Gasteiger partial charge in [0, 0.05) is 17.5 Å². The standard InChI is InChI=1S/C14H18O3.C8H8O.C6H11BrO2/c1-14(2,3)17-13(16)10-9-12(15)11-7-5-4-6-8-11;1-7(9)8-5-3-2-4-6-8;1-6(2,3)9-5(8)4-7/h4-8H,9-10H2,1-3H3;2-6H,1H3;4H2,1-3H3. The number of carbonyl (C=O) groups excluding carboxylic acids is 4. The molecule has 35 heavy (non-hydrogen) atoms. The Hall–Kier alpha value is -2.80. The van der Waals surface area contributed by atoms with Crippen molar-refractivity contribution in [3.63, 3.8) is 0 Å². The van der Waals surface area contributed by atoms with Crippen molar-refractivity contribution >= 4 is 39.4 Å². The van der Waals surface area contributed by atoms with E-state index in [0.29, 0.717) is 5.56 Å². The molecule has 0 N–H and O–H groups in total. The number of halogens is 1. The third-order valence-electron chi connectivity index (χ3n) is 3.78. The number of ether oxygens (including phenoxy) is 2. The zero-order valence-electron chi connectivity index (χ0n) is 21.7. The van der Waals surface area contributed by atoms with Crippen LogP contribution in [0.25, 0.3) is 0 Å². The molecule has 0 spiro atoms. The van der Waals surface area contributed by atoms with Gasteiger partial charge in [0.25, 0.3) is 0 Å². The minimum absolute atomic E-state index is 0.0311. The summed E-state index contributed by atoms with van der Waals surface area (Å²) >= 11 is 2.99. The first-order chi connectivity index (χ1) is 16.1. The first-order valence-corrected chi connectivity index (χ1v) is 12.4. The summed E-state index contributed by atoms with van der Waals surface area (Å²) < 4.78 is 10.0. The summed E-state index contributed by atoms with van der Waals surface area (Å²) in [7, 11) is 0. The van der Waals surface area contributed by atoms with Gasteiger partial charge in [0.15, 0.2) is 11.6 Å². The maximum absolute atomic E-state index is 11.7. The van der Waals surface area contributed by atoms with Crippen LogP contribution in [0, 0.1) is 0 Å². The number of Topliss-reactive ketones (excluding diaryl/α,β-unsaturated/α-hetero) is 2. The van der Waals surface area contributed by atoms with Gasteiger partial charge in [0.05, 0.1) is 6.42 Å². The SMILES string of the molecule is CC(=O)c1ccccc1.CC(C)(C)OC(=O)CBr.CC(C)(C)OC(=O)CCC(=O)c1ccccc1. The van der Waals surface area contributed by atoms with Crippen molar-refractivity contribution in [2.45, 2.75) is 72.5 Å². The van der Waals surface area contributed by atoms with Gasteiger partial charge in [-0.05, 0) is 48.5 Å². The molecule has 0 fully saturated rings. The predicted molar refractivity (Wildman–Crippen MR) is 142 cm³/mol. The van der Waals surface area contributed by atoms with Gasteiger partial charge in [-0.25, -0.2) is 0 Å². The highest BCUT2D eigenvalue weighted by atomic mass is 79.9. The van der Waals surface area contributed by atoms with Crippen LogP contribution in [0.5, 0.6) is 0 Å². The van der Waals surface area contributed by atoms with E-state index in [2.05, 4.69) is 15.9 Å². The Balaban J connectivity index is 0.000000543. The van der Waals surface area contributed by atoms with Crippen LogP contribution >= 0.6 is 15.9 Å². The van der Waals surface area contributed by atoms with Crippen LogP contribution in [0.2, 0.25) is 0 Å². The van der Waals surface area contributed by atoms with E-state index in [-0.39, 0.29) is 47.3 Å². The molecule has 2 aromatic rings. The number of hydrogen-bond donors (Lipinski definition) is 0. The number of esters is 2. The highest BCUT2D eigenvalue weighted by Crippen LogP contribution is 2.11. The predicted octanol–water partition coefficient (Wildman–Crippen LogP) is 6.60. The van der Waals surface area contributed by atoms with Crippen molar-refractivity contribution in [3.8, 4) is 0 Å². The van der Waals surface area contributed by atoms with Crippen molar-refractivity contribution in [1.29, 1.82) is 0 Å². The largest absolute Gasteiger partial charge is 0.460 e. The Morgan fingerprint density at radius 3 is 1.37 bits per heavy atom. The fraction of sp³-hybridized carbons (Fsp3) is 0.429. The molecule has 0 aromatic heterocycles. The number of alkyl halides is 1. The Labute approximate surface area is 217 Å². The summed E-state index contributed by atoms with van der Waals surface area (Å²) in [6.45, 7) is 12.5. The van der Waals surface area contributed by atoms with E-state index in [0.717, 1.165) is 5.56 Å². The van der Waals surface area contributed by atoms with Crippen LogP contribution in [0.1, 0.15) is 82.0 Å². The number of benzene rings is 2. The average molecular weight is 550 g/mol. The zero-order chi connectivity index (χ0) is 27.1. The van der Waals surface area contributed by atoms with Gasteiger partial charge >= 0.3 is 11.9 Å². The van der Waals surface area contributed by atoms with Gasteiger partial charge < -0.3 is 9.47 Å². The molecule has 0 saturated heterocycles. The van der Waals surface area contributed by atoms with Crippen molar-refractivity contribution in [2.24, 2.45) is 0 Å². The molecular weight excluding hydrogens is 512 g/mol. The molecular formula is C28H37BrO6. The van der Waals surface area contributed by atoms with E-state index < -0.39 is 5.60 Å². The van der Waals surface area contributed by atoms with E-state index in [1.54, 1.807) is 31.2 Å². The minimum Gasteiger partial charge on any atom is -0.460 e. The van der Waals surface area contributed by atoms with E-state index in [1.165, 1.54) is 0 Å². The van der Waals surface area contributed by atoms with Gasteiger partial charge in [-0.15, -0.1) is 0 Å².